The van der Waals surface area contributed by atoms with Gasteiger partial charge in [0.1, 0.15) is 5.82 Å². The number of carbonyl (C=O) groups excluding carboxylic acids is 1. The van der Waals surface area contributed by atoms with Crippen LogP contribution < -0.4 is 10.6 Å². The Hall–Kier alpha value is -2.40. The van der Waals surface area contributed by atoms with Crippen molar-refractivity contribution in [2.24, 2.45) is 0 Å². The van der Waals surface area contributed by atoms with E-state index < -0.39 is 0 Å². The monoisotopic (exact) mass is 344 g/mol. The smallest absolute Gasteiger partial charge is 0.251 e. The van der Waals surface area contributed by atoms with Crippen LogP contribution in [0, 0.1) is 12.7 Å². The molecule has 0 aliphatic rings. The SMILES string of the molecule is Cc1c(NC(C)CCc2cccc(F)c2)cccc1C(=O)NCCO. The summed E-state index contributed by atoms with van der Waals surface area (Å²) < 4.78 is 13.2. The van der Waals surface area contributed by atoms with Gasteiger partial charge in [0.25, 0.3) is 5.91 Å². The van der Waals surface area contributed by atoms with Crippen LogP contribution in [0.2, 0.25) is 0 Å². The summed E-state index contributed by atoms with van der Waals surface area (Å²) in [5.41, 5.74) is 3.34. The molecule has 134 valence electrons. The highest BCUT2D eigenvalue weighted by atomic mass is 19.1. The fraction of sp³-hybridized carbons (Fsp3) is 0.350. The zero-order chi connectivity index (χ0) is 18.2. The number of hydrogen-bond acceptors (Lipinski definition) is 3. The number of anilines is 1. The molecule has 3 N–H and O–H groups in total. The van der Waals surface area contributed by atoms with Gasteiger partial charge in [-0.2, -0.15) is 0 Å². The minimum atomic E-state index is -0.212. The van der Waals surface area contributed by atoms with Gasteiger partial charge < -0.3 is 15.7 Å². The Labute approximate surface area is 148 Å². The summed E-state index contributed by atoms with van der Waals surface area (Å²) in [5.74, 6) is -0.404. The highest BCUT2D eigenvalue weighted by Crippen LogP contribution is 2.21. The van der Waals surface area contributed by atoms with Crippen LogP contribution in [0.25, 0.3) is 0 Å². The first-order chi connectivity index (χ1) is 12.0. The van der Waals surface area contributed by atoms with Crippen LogP contribution in [0.4, 0.5) is 10.1 Å². The van der Waals surface area contributed by atoms with Crippen molar-refractivity contribution in [2.45, 2.75) is 32.7 Å². The van der Waals surface area contributed by atoms with E-state index in [0.717, 1.165) is 29.7 Å². The third-order valence-corrected chi connectivity index (χ3v) is 4.13. The zero-order valence-electron chi connectivity index (χ0n) is 14.7. The molecule has 0 aliphatic heterocycles. The molecule has 0 heterocycles. The first-order valence-corrected chi connectivity index (χ1v) is 8.51. The summed E-state index contributed by atoms with van der Waals surface area (Å²) in [4.78, 5) is 12.1. The summed E-state index contributed by atoms with van der Waals surface area (Å²) in [5, 5.41) is 14.9. The number of amides is 1. The molecule has 0 fully saturated rings. The van der Waals surface area contributed by atoms with E-state index in [4.69, 9.17) is 5.11 Å². The number of aryl methyl sites for hydroxylation is 1. The van der Waals surface area contributed by atoms with Gasteiger partial charge in [-0.3, -0.25) is 4.79 Å². The lowest BCUT2D eigenvalue weighted by Crippen LogP contribution is -2.27. The van der Waals surface area contributed by atoms with Crippen LogP contribution in [0.1, 0.15) is 34.8 Å². The average Bonchev–Trinajstić information content (AvgIpc) is 2.60. The van der Waals surface area contributed by atoms with Crippen molar-refractivity contribution in [1.29, 1.82) is 0 Å². The Balaban J connectivity index is 1.98. The molecular formula is C20H25FN2O2. The molecule has 1 atom stereocenters. The van der Waals surface area contributed by atoms with Gasteiger partial charge in [0.05, 0.1) is 6.61 Å². The Kier molecular flexibility index (Phi) is 6.95. The van der Waals surface area contributed by atoms with Gasteiger partial charge in [-0.1, -0.05) is 18.2 Å². The number of halogens is 1. The van der Waals surface area contributed by atoms with Crippen LogP contribution >= 0.6 is 0 Å². The molecule has 0 saturated heterocycles. The Bertz CT molecular complexity index is 719. The van der Waals surface area contributed by atoms with Crippen molar-refractivity contribution in [3.8, 4) is 0 Å². The Morgan fingerprint density at radius 2 is 2.00 bits per heavy atom. The first kappa shape index (κ1) is 18.9. The fourth-order valence-electron chi connectivity index (χ4n) is 2.72. The summed E-state index contributed by atoms with van der Waals surface area (Å²) >= 11 is 0. The van der Waals surface area contributed by atoms with Crippen molar-refractivity contribution in [2.75, 3.05) is 18.5 Å². The lowest BCUT2D eigenvalue weighted by Gasteiger charge is -2.18. The minimum Gasteiger partial charge on any atom is -0.395 e. The molecule has 2 aromatic carbocycles. The zero-order valence-corrected chi connectivity index (χ0v) is 14.7. The lowest BCUT2D eigenvalue weighted by atomic mass is 10.0. The average molecular weight is 344 g/mol. The molecule has 25 heavy (non-hydrogen) atoms. The van der Waals surface area contributed by atoms with Crippen LogP contribution in [-0.2, 0) is 6.42 Å². The summed E-state index contributed by atoms with van der Waals surface area (Å²) in [7, 11) is 0. The van der Waals surface area contributed by atoms with E-state index in [1.807, 2.05) is 25.1 Å². The number of carbonyl (C=O) groups is 1. The normalized spacial score (nSPS) is 11.8. The van der Waals surface area contributed by atoms with Crippen LogP contribution in [0.5, 0.6) is 0 Å². The van der Waals surface area contributed by atoms with E-state index in [1.54, 1.807) is 18.2 Å². The van der Waals surface area contributed by atoms with E-state index >= 15 is 0 Å². The van der Waals surface area contributed by atoms with E-state index in [1.165, 1.54) is 6.07 Å². The van der Waals surface area contributed by atoms with Gasteiger partial charge in [0.2, 0.25) is 0 Å². The number of aliphatic hydroxyl groups is 1. The minimum absolute atomic E-state index is 0.0835. The quantitative estimate of drug-likeness (QED) is 0.689. The maximum Gasteiger partial charge on any atom is 0.251 e. The standard InChI is InChI=1S/C20H25FN2O2/c1-14(9-10-16-5-3-6-17(21)13-16)23-19-8-4-7-18(15(19)2)20(25)22-11-12-24/h3-8,13-14,23-24H,9-12H2,1-2H3,(H,22,25). The van der Waals surface area contributed by atoms with E-state index in [-0.39, 0.29) is 30.9 Å². The first-order valence-electron chi connectivity index (χ1n) is 8.51. The van der Waals surface area contributed by atoms with Crippen molar-refractivity contribution in [3.63, 3.8) is 0 Å². The Morgan fingerprint density at radius 1 is 1.24 bits per heavy atom. The maximum absolute atomic E-state index is 13.2. The second-order valence-corrected chi connectivity index (χ2v) is 6.17. The van der Waals surface area contributed by atoms with Crippen LogP contribution in [-0.4, -0.2) is 30.2 Å². The van der Waals surface area contributed by atoms with Gasteiger partial charge in [-0.15, -0.1) is 0 Å². The van der Waals surface area contributed by atoms with E-state index in [2.05, 4.69) is 17.6 Å². The third kappa shape index (κ3) is 5.57. The lowest BCUT2D eigenvalue weighted by molar-refractivity contribution is 0.0944. The van der Waals surface area contributed by atoms with Gasteiger partial charge in [-0.05, 0) is 62.1 Å². The fourth-order valence-corrected chi connectivity index (χ4v) is 2.72. The molecule has 0 bridgehead atoms. The van der Waals surface area contributed by atoms with Crippen molar-refractivity contribution in [3.05, 3.63) is 65.0 Å². The van der Waals surface area contributed by atoms with Crippen molar-refractivity contribution in [1.82, 2.24) is 5.32 Å². The number of hydrogen-bond donors (Lipinski definition) is 3. The predicted octanol–water partition coefficient (Wildman–Crippen LogP) is 3.29. The van der Waals surface area contributed by atoms with Crippen LogP contribution in [0.3, 0.4) is 0 Å². The third-order valence-electron chi connectivity index (χ3n) is 4.13. The molecule has 0 aliphatic carbocycles. The summed E-state index contributed by atoms with van der Waals surface area (Å²) in [6.45, 7) is 4.12. The molecule has 1 unspecified atom stereocenters. The largest absolute Gasteiger partial charge is 0.395 e. The second kappa shape index (κ2) is 9.18. The molecule has 0 spiro atoms. The van der Waals surface area contributed by atoms with Gasteiger partial charge in [-0.25, -0.2) is 4.39 Å². The number of benzene rings is 2. The van der Waals surface area contributed by atoms with Crippen LogP contribution in [0.15, 0.2) is 42.5 Å². The molecule has 0 aromatic heterocycles. The van der Waals surface area contributed by atoms with Gasteiger partial charge >= 0.3 is 0 Å². The van der Waals surface area contributed by atoms with Gasteiger partial charge in [0.15, 0.2) is 0 Å². The van der Waals surface area contributed by atoms with E-state index in [0.29, 0.717) is 5.56 Å². The highest BCUT2D eigenvalue weighted by Gasteiger charge is 2.12. The molecular weight excluding hydrogens is 319 g/mol. The molecule has 4 nitrogen and oxygen atoms in total. The Morgan fingerprint density at radius 3 is 2.72 bits per heavy atom. The summed E-state index contributed by atoms with van der Waals surface area (Å²) in [6.07, 6.45) is 1.63. The molecule has 0 saturated carbocycles. The van der Waals surface area contributed by atoms with E-state index in [9.17, 15) is 9.18 Å². The highest BCUT2D eigenvalue weighted by molar-refractivity contribution is 5.97. The maximum atomic E-state index is 13.2. The second-order valence-electron chi connectivity index (χ2n) is 6.17. The topological polar surface area (TPSA) is 61.4 Å². The molecule has 1 amide bonds. The molecule has 5 heteroatoms. The predicted molar refractivity (Wildman–Crippen MR) is 98.4 cm³/mol. The van der Waals surface area contributed by atoms with Gasteiger partial charge in [0, 0.05) is 23.8 Å². The summed E-state index contributed by atoms with van der Waals surface area (Å²) in [6, 6.07) is 12.4. The number of nitrogens with one attached hydrogen (secondary N) is 2. The number of aliphatic hydroxyl groups excluding tert-OH is 1. The molecule has 0 radical (unpaired) electrons. The number of rotatable bonds is 8. The molecule has 2 aromatic rings. The van der Waals surface area contributed by atoms with Crippen molar-refractivity contribution < 1.29 is 14.3 Å². The molecule has 2 rings (SSSR count). The van der Waals surface area contributed by atoms with Crippen molar-refractivity contribution >= 4 is 11.6 Å².